The summed E-state index contributed by atoms with van der Waals surface area (Å²) in [5.74, 6) is -0.187. The van der Waals surface area contributed by atoms with Crippen LogP contribution in [0.4, 0.5) is 0 Å². The Hall–Kier alpha value is -1.26. The van der Waals surface area contributed by atoms with E-state index in [0.29, 0.717) is 0 Å². The first-order valence-electron chi connectivity index (χ1n) is 6.02. The number of hydrogen-bond acceptors (Lipinski definition) is 6. The third-order valence-corrected chi connectivity index (χ3v) is 1.24. The van der Waals surface area contributed by atoms with Gasteiger partial charge in [-0.25, -0.2) is 0 Å². The van der Waals surface area contributed by atoms with E-state index in [0.717, 1.165) is 0 Å². The topological polar surface area (TPSA) is 206 Å². The molecule has 0 saturated carbocycles. The van der Waals surface area contributed by atoms with E-state index < -0.39 is 0 Å². The molecule has 0 aromatic carbocycles. The molecule has 1 radical (unpaired) electrons. The van der Waals surface area contributed by atoms with Crippen LogP contribution in [-0.4, -0.2) is 49.1 Å². The van der Waals surface area contributed by atoms with Gasteiger partial charge < -0.3 is 31.7 Å². The van der Waals surface area contributed by atoms with Crippen molar-refractivity contribution < 1.29 is 83.0 Å². The third-order valence-electron chi connectivity index (χ3n) is 1.24. The van der Waals surface area contributed by atoms with E-state index in [2.05, 4.69) is 0 Å². The predicted molar refractivity (Wildman–Crippen MR) is 92.0 cm³/mol. The van der Waals surface area contributed by atoms with Crippen molar-refractivity contribution in [3.8, 4) is 0 Å². The molecule has 0 rings (SSSR count). The second kappa shape index (κ2) is 27.6. The first kappa shape index (κ1) is 43.8. The molecule has 0 fully saturated rings. The Balaban J connectivity index is -0.0000000360. The van der Waals surface area contributed by atoms with Crippen molar-refractivity contribution in [1.29, 1.82) is 0 Å². The van der Waals surface area contributed by atoms with Crippen molar-refractivity contribution in [2.24, 2.45) is 0 Å². The third kappa shape index (κ3) is 84.8. The molecule has 0 aliphatic heterocycles. The van der Waals surface area contributed by atoms with Crippen LogP contribution < -0.4 is 0 Å². The van der Waals surface area contributed by atoms with E-state index in [1.165, 1.54) is 59.8 Å². The van der Waals surface area contributed by atoms with Crippen LogP contribution in [0.3, 0.4) is 0 Å². The molecule has 25 heavy (non-hydrogen) atoms. The van der Waals surface area contributed by atoms with E-state index in [9.17, 15) is 14.4 Å². The average molecular weight is 523 g/mol. The Bertz CT molecular complexity index is 373. The molecule has 0 heterocycles. The van der Waals surface area contributed by atoms with E-state index in [4.69, 9.17) is 15.3 Å². The second-order valence-electron chi connectivity index (χ2n) is 4.19. The van der Waals surface area contributed by atoms with Crippen LogP contribution in [0, 0.1) is 36.9 Å². The van der Waals surface area contributed by atoms with Crippen LogP contribution in [0.25, 0.3) is 0 Å². The van der Waals surface area contributed by atoms with Gasteiger partial charge >= 0.3 is 0 Å². The summed E-state index contributed by atoms with van der Waals surface area (Å²) in [7, 11) is 0. The SMILES string of the molecule is CC(=O)/C=C(/C)O.CC(=O)/C=C(/C)O.CC(=O)/C=C(/C)O.O.O.O.[Tm]. The van der Waals surface area contributed by atoms with Crippen LogP contribution in [0.1, 0.15) is 41.5 Å². The molecule has 0 atom stereocenters. The van der Waals surface area contributed by atoms with Crippen molar-refractivity contribution in [2.75, 3.05) is 0 Å². The average Bonchev–Trinajstić information content (AvgIpc) is 2.10. The number of carbonyl (C=O) groups is 3. The van der Waals surface area contributed by atoms with Crippen LogP contribution >= 0.6 is 0 Å². The van der Waals surface area contributed by atoms with Gasteiger partial charge in [0.25, 0.3) is 0 Å². The van der Waals surface area contributed by atoms with Crippen LogP contribution in [0.15, 0.2) is 35.5 Å². The molecule has 9 nitrogen and oxygen atoms in total. The zero-order valence-electron chi connectivity index (χ0n) is 15.1. The Morgan fingerprint density at radius 1 is 0.520 bits per heavy atom. The largest absolute Gasteiger partial charge is 0.512 e. The van der Waals surface area contributed by atoms with Gasteiger partial charge in [-0.3, -0.25) is 14.4 Å². The summed E-state index contributed by atoms with van der Waals surface area (Å²) < 4.78 is 0. The normalized spacial score (nSPS) is 9.60. The summed E-state index contributed by atoms with van der Waals surface area (Å²) in [5.41, 5.74) is 0. The summed E-state index contributed by atoms with van der Waals surface area (Å²) in [6.07, 6.45) is 3.50. The quantitative estimate of drug-likeness (QED) is 0.357. The molecule has 0 aromatic rings. The van der Waals surface area contributed by atoms with Crippen LogP contribution in [-0.2, 0) is 14.4 Å². The fraction of sp³-hybridized carbons (Fsp3) is 0.400. The first-order valence-corrected chi connectivity index (χ1v) is 6.02. The molecule has 0 aliphatic carbocycles. The molecule has 0 aliphatic rings. The van der Waals surface area contributed by atoms with Gasteiger partial charge in [-0.2, -0.15) is 0 Å². The monoisotopic (exact) mass is 523 g/mol. The van der Waals surface area contributed by atoms with Gasteiger partial charge in [0.05, 0.1) is 17.3 Å². The minimum Gasteiger partial charge on any atom is -0.512 e. The molecule has 9 N–H and O–H groups in total. The molecule has 0 bridgehead atoms. The fourth-order valence-corrected chi connectivity index (χ4v) is 0.882. The molecular weight excluding hydrogens is 493 g/mol. The maximum Gasteiger partial charge on any atom is 0.155 e. The number of aliphatic hydroxyl groups is 3. The summed E-state index contributed by atoms with van der Waals surface area (Å²) in [6.45, 7) is 8.54. The molecule has 157 valence electrons. The first-order chi connectivity index (χ1) is 9.38. The van der Waals surface area contributed by atoms with E-state index in [-0.39, 0.29) is 87.9 Å². The smallest absolute Gasteiger partial charge is 0.155 e. The van der Waals surface area contributed by atoms with Gasteiger partial charge in [0, 0.05) is 55.1 Å². The second-order valence-corrected chi connectivity index (χ2v) is 4.19. The Labute approximate surface area is 176 Å². The van der Waals surface area contributed by atoms with Gasteiger partial charge in [0.2, 0.25) is 0 Å². The van der Waals surface area contributed by atoms with Crippen LogP contribution in [0.5, 0.6) is 0 Å². The number of hydrogen-bond donors (Lipinski definition) is 3. The van der Waals surface area contributed by atoms with Crippen molar-refractivity contribution >= 4 is 17.3 Å². The van der Waals surface area contributed by atoms with Crippen molar-refractivity contribution in [3.05, 3.63) is 35.5 Å². The Morgan fingerprint density at radius 3 is 0.640 bits per heavy atom. The molecule has 0 unspecified atom stereocenters. The number of rotatable bonds is 3. The zero-order valence-corrected chi connectivity index (χ0v) is 16.9. The summed E-state index contributed by atoms with van der Waals surface area (Å²) in [6, 6.07) is 0. The minimum absolute atomic E-state index is 0. The molecule has 0 saturated heterocycles. The fourth-order valence-electron chi connectivity index (χ4n) is 0.882. The number of carbonyl (C=O) groups excluding carboxylic acids is 3. The summed E-state index contributed by atoms with van der Waals surface area (Å²) >= 11 is 0. The van der Waals surface area contributed by atoms with Gasteiger partial charge in [-0.1, -0.05) is 0 Å². The van der Waals surface area contributed by atoms with Gasteiger partial charge in [0.15, 0.2) is 17.3 Å². The summed E-state index contributed by atoms with van der Waals surface area (Å²) in [4.78, 5) is 30.1. The van der Waals surface area contributed by atoms with Crippen molar-refractivity contribution in [2.45, 2.75) is 41.5 Å². The molecule has 0 aromatic heterocycles. The molecule has 0 amide bonds. The van der Waals surface area contributed by atoms with Crippen molar-refractivity contribution in [3.63, 3.8) is 0 Å². The maximum absolute atomic E-state index is 10.0. The summed E-state index contributed by atoms with van der Waals surface area (Å²) in [5, 5.41) is 25.1. The Kier molecular flexibility index (Phi) is 48.3. The van der Waals surface area contributed by atoms with E-state index in [1.807, 2.05) is 0 Å². The standard InChI is InChI=1S/3C5H8O2.3H2O.Tm/c3*1-4(6)3-5(2)7;;;;/h3*3,6H,1-2H3;3*1H2;/b3*4-3-;;;;. The van der Waals surface area contributed by atoms with Gasteiger partial charge in [-0.15, -0.1) is 0 Å². The van der Waals surface area contributed by atoms with E-state index in [1.54, 1.807) is 0 Å². The number of allylic oxidation sites excluding steroid dienone is 6. The van der Waals surface area contributed by atoms with Crippen molar-refractivity contribution in [1.82, 2.24) is 0 Å². The van der Waals surface area contributed by atoms with E-state index >= 15 is 0 Å². The number of ketones is 3. The Morgan fingerprint density at radius 2 is 0.640 bits per heavy atom. The van der Waals surface area contributed by atoms with Gasteiger partial charge in [0.1, 0.15) is 0 Å². The molecule has 0 spiro atoms. The van der Waals surface area contributed by atoms with Crippen LogP contribution in [0.2, 0.25) is 0 Å². The maximum atomic E-state index is 10.0. The van der Waals surface area contributed by atoms with Gasteiger partial charge in [-0.05, 0) is 41.5 Å². The zero-order chi connectivity index (χ0) is 17.6. The minimum atomic E-state index is -0.125. The number of aliphatic hydroxyl groups excluding tert-OH is 3. The molecule has 10 heteroatoms. The molecular formula is C15H30O9Tm. The predicted octanol–water partition coefficient (Wildman–Crippen LogP) is 0.637.